The number of non-ortho nitro benzene ring substituents is 1. The van der Waals surface area contributed by atoms with E-state index < -0.39 is 32.9 Å². The van der Waals surface area contributed by atoms with Crippen molar-refractivity contribution in [1.29, 1.82) is 0 Å². The molecule has 0 unspecified atom stereocenters. The van der Waals surface area contributed by atoms with Gasteiger partial charge >= 0.3 is 5.97 Å². The van der Waals surface area contributed by atoms with Crippen LogP contribution >= 0.6 is 0 Å². The lowest BCUT2D eigenvalue weighted by Gasteiger charge is -2.23. The van der Waals surface area contributed by atoms with E-state index in [2.05, 4.69) is 4.72 Å². The predicted molar refractivity (Wildman–Crippen MR) is 109 cm³/mol. The molecular formula is C20H22N2O8S. The van der Waals surface area contributed by atoms with Gasteiger partial charge in [0.15, 0.2) is 6.79 Å². The summed E-state index contributed by atoms with van der Waals surface area (Å²) in [5.41, 5.74) is 0.579. The van der Waals surface area contributed by atoms with E-state index in [0.717, 1.165) is 0 Å². The van der Waals surface area contributed by atoms with Crippen molar-refractivity contribution in [3.05, 3.63) is 63.7 Å². The number of nitro benzene ring substituents is 1. The summed E-state index contributed by atoms with van der Waals surface area (Å²) in [5.74, 6) is -0.855. The number of benzene rings is 2. The van der Waals surface area contributed by atoms with Crippen molar-refractivity contribution < 1.29 is 32.3 Å². The van der Waals surface area contributed by atoms with E-state index in [0.29, 0.717) is 16.9 Å². The summed E-state index contributed by atoms with van der Waals surface area (Å²) in [6.45, 7) is 3.13. The number of esters is 1. The van der Waals surface area contributed by atoms with E-state index in [4.69, 9.17) is 14.2 Å². The van der Waals surface area contributed by atoms with Crippen LogP contribution in [0.2, 0.25) is 0 Å². The zero-order valence-corrected chi connectivity index (χ0v) is 17.8. The number of ether oxygens (including phenoxy) is 3. The van der Waals surface area contributed by atoms with Crippen molar-refractivity contribution in [3.63, 3.8) is 0 Å². The number of hydrogen-bond acceptors (Lipinski definition) is 8. The van der Waals surface area contributed by atoms with E-state index in [1.54, 1.807) is 32.0 Å². The molecule has 3 rings (SSSR count). The molecule has 1 heterocycles. The fraction of sp³-hybridized carbons (Fsp3) is 0.350. The Morgan fingerprint density at radius 1 is 1.26 bits per heavy atom. The van der Waals surface area contributed by atoms with Gasteiger partial charge in [0, 0.05) is 23.3 Å². The van der Waals surface area contributed by atoms with Gasteiger partial charge in [-0.05, 0) is 18.1 Å². The molecule has 0 saturated carbocycles. The molecule has 1 atom stereocenters. The highest BCUT2D eigenvalue weighted by Gasteiger charge is 2.30. The van der Waals surface area contributed by atoms with Gasteiger partial charge in [0.05, 0.1) is 16.4 Å². The van der Waals surface area contributed by atoms with E-state index in [-0.39, 0.29) is 30.6 Å². The fourth-order valence-corrected chi connectivity index (χ4v) is 4.38. The second kappa shape index (κ2) is 9.41. The van der Waals surface area contributed by atoms with Crippen LogP contribution in [0, 0.1) is 16.0 Å². The molecule has 1 N–H and O–H groups in total. The standard InChI is InChI=1S/C20H22N2O8S/c1-13(2)18(21-31(26,27)17-6-4-3-5-7-17)20(23)29-11-15-9-16(22(24)25)8-14-10-28-12-30-19(14)15/h3-9,13,18,21H,10-12H2,1-2H3/t18-/m0/s1. The topological polar surface area (TPSA) is 134 Å². The van der Waals surface area contributed by atoms with E-state index in [1.165, 1.54) is 24.3 Å². The Kier molecular flexibility index (Phi) is 6.88. The molecule has 0 fully saturated rings. The van der Waals surface area contributed by atoms with Crippen molar-refractivity contribution in [2.75, 3.05) is 6.79 Å². The fourth-order valence-electron chi connectivity index (χ4n) is 3.02. The Hall–Kier alpha value is -3.02. The van der Waals surface area contributed by atoms with E-state index in [9.17, 15) is 23.3 Å². The molecule has 2 aromatic rings. The van der Waals surface area contributed by atoms with Gasteiger partial charge in [0.2, 0.25) is 10.0 Å². The second-order valence-electron chi connectivity index (χ2n) is 7.22. The Balaban J connectivity index is 1.78. The quantitative estimate of drug-likeness (QED) is 0.368. The zero-order valence-electron chi connectivity index (χ0n) is 16.9. The molecule has 0 saturated heterocycles. The molecule has 0 aromatic heterocycles. The van der Waals surface area contributed by atoms with E-state index in [1.807, 2.05) is 0 Å². The number of nitrogens with one attached hydrogen (secondary N) is 1. The second-order valence-corrected chi connectivity index (χ2v) is 8.94. The summed E-state index contributed by atoms with van der Waals surface area (Å²) < 4.78 is 43.5. The lowest BCUT2D eigenvalue weighted by Crippen LogP contribution is -2.45. The Labute approximate surface area is 179 Å². The predicted octanol–water partition coefficient (Wildman–Crippen LogP) is 2.51. The maximum Gasteiger partial charge on any atom is 0.324 e. The zero-order chi connectivity index (χ0) is 22.6. The van der Waals surface area contributed by atoms with Crippen LogP contribution in [0.15, 0.2) is 47.4 Å². The van der Waals surface area contributed by atoms with Crippen LogP contribution in [0.25, 0.3) is 0 Å². The minimum absolute atomic E-state index is 0.0228. The third-order valence-electron chi connectivity index (χ3n) is 4.61. The van der Waals surface area contributed by atoms with Gasteiger partial charge in [0.1, 0.15) is 18.4 Å². The smallest absolute Gasteiger partial charge is 0.324 e. The summed E-state index contributed by atoms with van der Waals surface area (Å²) in [5, 5.41) is 11.2. The maximum atomic E-state index is 12.7. The maximum absolute atomic E-state index is 12.7. The Bertz CT molecular complexity index is 1070. The molecular weight excluding hydrogens is 428 g/mol. The average molecular weight is 450 g/mol. The average Bonchev–Trinajstić information content (AvgIpc) is 2.75. The number of nitrogens with zero attached hydrogens (tertiary/aromatic N) is 1. The highest BCUT2D eigenvalue weighted by molar-refractivity contribution is 7.89. The molecule has 0 bridgehead atoms. The van der Waals surface area contributed by atoms with Gasteiger partial charge < -0.3 is 14.2 Å². The monoisotopic (exact) mass is 450 g/mol. The minimum atomic E-state index is -3.95. The van der Waals surface area contributed by atoms with E-state index >= 15 is 0 Å². The molecule has 10 nitrogen and oxygen atoms in total. The van der Waals surface area contributed by atoms with Crippen molar-refractivity contribution in [2.24, 2.45) is 5.92 Å². The van der Waals surface area contributed by atoms with Crippen LogP contribution in [-0.2, 0) is 37.5 Å². The largest absolute Gasteiger partial charge is 0.467 e. The normalized spacial score (nSPS) is 14.4. The third kappa shape index (κ3) is 5.37. The van der Waals surface area contributed by atoms with Crippen LogP contribution in [-0.4, -0.2) is 32.1 Å². The molecule has 11 heteroatoms. The van der Waals surface area contributed by atoms with Crippen molar-refractivity contribution in [1.82, 2.24) is 4.72 Å². The number of hydrogen-bond donors (Lipinski definition) is 1. The Morgan fingerprint density at radius 3 is 2.61 bits per heavy atom. The first kappa shape index (κ1) is 22.7. The summed E-state index contributed by atoms with van der Waals surface area (Å²) in [4.78, 5) is 23.4. The third-order valence-corrected chi connectivity index (χ3v) is 6.07. The summed E-state index contributed by atoms with van der Waals surface area (Å²) in [6, 6.07) is 9.11. The number of nitro groups is 1. The SMILES string of the molecule is CC(C)[C@H](NS(=O)(=O)c1ccccc1)C(=O)OCc1cc([N+](=O)[O-])cc2c1OCOC2. The van der Waals surface area contributed by atoms with Crippen molar-refractivity contribution in [2.45, 2.75) is 38.0 Å². The number of carbonyl (C=O) groups is 1. The number of sulfonamides is 1. The molecule has 166 valence electrons. The highest BCUT2D eigenvalue weighted by atomic mass is 32.2. The summed E-state index contributed by atoms with van der Waals surface area (Å²) >= 11 is 0. The molecule has 1 aliphatic heterocycles. The minimum Gasteiger partial charge on any atom is -0.467 e. The molecule has 0 radical (unpaired) electrons. The van der Waals surface area contributed by atoms with Crippen LogP contribution in [0.1, 0.15) is 25.0 Å². The number of fused-ring (bicyclic) bond motifs is 1. The molecule has 0 spiro atoms. The van der Waals surface area contributed by atoms with Gasteiger partial charge in [-0.3, -0.25) is 14.9 Å². The lowest BCUT2D eigenvalue weighted by atomic mass is 10.1. The first-order chi connectivity index (χ1) is 14.7. The number of carbonyl (C=O) groups excluding carboxylic acids is 1. The van der Waals surface area contributed by atoms with Crippen LogP contribution in [0.4, 0.5) is 5.69 Å². The van der Waals surface area contributed by atoms with Gasteiger partial charge in [-0.25, -0.2) is 8.42 Å². The van der Waals surface area contributed by atoms with Gasteiger partial charge in [-0.2, -0.15) is 4.72 Å². The van der Waals surface area contributed by atoms with Crippen molar-refractivity contribution in [3.8, 4) is 5.75 Å². The molecule has 31 heavy (non-hydrogen) atoms. The number of rotatable bonds is 8. The summed E-state index contributed by atoms with van der Waals surface area (Å²) in [6.07, 6.45) is 0. The van der Waals surface area contributed by atoms with Crippen LogP contribution < -0.4 is 9.46 Å². The van der Waals surface area contributed by atoms with Crippen LogP contribution in [0.3, 0.4) is 0 Å². The molecule has 2 aromatic carbocycles. The molecule has 1 aliphatic rings. The first-order valence-electron chi connectivity index (χ1n) is 9.44. The Morgan fingerprint density at radius 2 is 1.97 bits per heavy atom. The summed E-state index contributed by atoms with van der Waals surface area (Å²) in [7, 11) is -3.95. The highest BCUT2D eigenvalue weighted by Crippen LogP contribution is 2.33. The lowest BCUT2D eigenvalue weighted by molar-refractivity contribution is -0.385. The van der Waals surface area contributed by atoms with Crippen molar-refractivity contribution >= 4 is 21.7 Å². The first-order valence-corrected chi connectivity index (χ1v) is 10.9. The van der Waals surface area contributed by atoms with Gasteiger partial charge in [-0.15, -0.1) is 0 Å². The molecule has 0 amide bonds. The van der Waals surface area contributed by atoms with Gasteiger partial charge in [0.25, 0.3) is 5.69 Å². The van der Waals surface area contributed by atoms with Crippen LogP contribution in [0.5, 0.6) is 5.75 Å². The van der Waals surface area contributed by atoms with Gasteiger partial charge in [-0.1, -0.05) is 32.0 Å². The molecule has 0 aliphatic carbocycles.